The second kappa shape index (κ2) is 7.45. The topological polar surface area (TPSA) is 22.1 Å². The quantitative estimate of drug-likeness (QED) is 0.537. The number of benzene rings is 2. The average molecular weight is 384 g/mol. The number of aryl methyl sites for hydroxylation is 1. The maximum Gasteiger partial charge on any atom is 0.233 e. The molecule has 0 aliphatic rings. The third-order valence-corrected chi connectivity index (χ3v) is 4.57. The van der Waals surface area contributed by atoms with Crippen molar-refractivity contribution in [2.75, 3.05) is 0 Å². The Morgan fingerprint density at radius 2 is 1.76 bits per heavy atom. The van der Waals surface area contributed by atoms with Crippen LogP contribution in [0.3, 0.4) is 0 Å². The van der Waals surface area contributed by atoms with E-state index in [2.05, 4.69) is 4.37 Å². The maximum atomic E-state index is 14.3. The monoisotopic (exact) mass is 383 g/mol. The van der Waals surface area contributed by atoms with E-state index in [1.807, 2.05) is 0 Å². The van der Waals surface area contributed by atoms with Gasteiger partial charge in [0.1, 0.15) is 24.1 Å². The normalized spacial score (nSPS) is 10.9. The number of rotatable bonds is 5. The zero-order valence-electron chi connectivity index (χ0n) is 13.2. The summed E-state index contributed by atoms with van der Waals surface area (Å²) in [4.78, 5) is 0. The highest BCUT2D eigenvalue weighted by Crippen LogP contribution is 2.34. The minimum Gasteiger partial charge on any atom is -0.472 e. The first kappa shape index (κ1) is 17.8. The predicted molar refractivity (Wildman–Crippen MR) is 92.6 cm³/mol. The van der Waals surface area contributed by atoms with Gasteiger partial charge in [-0.25, -0.2) is 13.2 Å². The molecule has 0 unspecified atom stereocenters. The van der Waals surface area contributed by atoms with Crippen molar-refractivity contribution in [2.24, 2.45) is 0 Å². The van der Waals surface area contributed by atoms with Gasteiger partial charge in [-0.15, -0.1) is 0 Å². The molecule has 0 aliphatic carbocycles. The number of nitrogens with zero attached hydrogens (tertiary/aromatic N) is 1. The number of aromatic nitrogens is 1. The van der Waals surface area contributed by atoms with Gasteiger partial charge in [0.05, 0.1) is 5.56 Å². The molecule has 0 atom stereocenters. The smallest absolute Gasteiger partial charge is 0.233 e. The van der Waals surface area contributed by atoms with Crippen LogP contribution in [-0.4, -0.2) is 4.37 Å². The molecule has 3 aromatic rings. The molecule has 2 aromatic carbocycles. The van der Waals surface area contributed by atoms with Gasteiger partial charge in [-0.1, -0.05) is 24.6 Å². The van der Waals surface area contributed by atoms with E-state index in [4.69, 9.17) is 16.3 Å². The lowest BCUT2D eigenvalue weighted by atomic mass is 10.0. The van der Waals surface area contributed by atoms with Crippen molar-refractivity contribution in [1.29, 1.82) is 0 Å². The second-order valence-corrected chi connectivity index (χ2v) is 6.40. The first-order valence-corrected chi connectivity index (χ1v) is 8.70. The van der Waals surface area contributed by atoms with Crippen LogP contribution in [0, 0.1) is 17.5 Å². The maximum absolute atomic E-state index is 14.3. The Bertz CT molecular complexity index is 913. The molecular weight excluding hydrogens is 371 g/mol. The first-order valence-electron chi connectivity index (χ1n) is 7.49. The summed E-state index contributed by atoms with van der Waals surface area (Å²) >= 11 is 6.76. The molecule has 0 N–H and O–H groups in total. The molecule has 0 fully saturated rings. The van der Waals surface area contributed by atoms with Gasteiger partial charge in [0.25, 0.3) is 0 Å². The molecule has 7 heteroatoms. The zero-order valence-corrected chi connectivity index (χ0v) is 14.7. The molecule has 0 spiro atoms. The molecule has 1 aromatic heterocycles. The summed E-state index contributed by atoms with van der Waals surface area (Å²) in [6, 6.07) is 6.53. The minimum absolute atomic E-state index is 0.0648. The summed E-state index contributed by atoms with van der Waals surface area (Å²) < 4.78 is 51.7. The van der Waals surface area contributed by atoms with Gasteiger partial charge in [-0.3, -0.25) is 0 Å². The average Bonchev–Trinajstić information content (AvgIpc) is 3.04. The lowest BCUT2D eigenvalue weighted by Crippen LogP contribution is -2.00. The number of hydrogen-bond donors (Lipinski definition) is 0. The van der Waals surface area contributed by atoms with E-state index >= 15 is 0 Å². The van der Waals surface area contributed by atoms with Gasteiger partial charge in [-0.05, 0) is 47.8 Å². The molecule has 3 rings (SSSR count). The summed E-state index contributed by atoms with van der Waals surface area (Å²) in [5, 5.41) is 1.85. The van der Waals surface area contributed by atoms with E-state index in [0.717, 1.165) is 17.6 Å². The van der Waals surface area contributed by atoms with Gasteiger partial charge in [-0.2, -0.15) is 4.37 Å². The highest BCUT2D eigenvalue weighted by molar-refractivity contribution is 7.04. The van der Waals surface area contributed by atoms with Crippen molar-refractivity contribution in [2.45, 2.75) is 20.0 Å². The Labute approximate surface area is 152 Å². The SMILES string of the molecule is CCc1cc(F)c(-c2csnc2OCc2ccc(Cl)cc2F)cc1F. The van der Waals surface area contributed by atoms with Crippen molar-refractivity contribution in [3.63, 3.8) is 0 Å². The van der Waals surface area contributed by atoms with Crippen LogP contribution in [0.15, 0.2) is 35.7 Å². The molecule has 25 heavy (non-hydrogen) atoms. The molecule has 0 aliphatic heterocycles. The fourth-order valence-corrected chi connectivity index (χ4v) is 3.15. The first-order chi connectivity index (χ1) is 12.0. The third-order valence-electron chi connectivity index (χ3n) is 3.72. The fraction of sp³-hybridized carbons (Fsp3) is 0.167. The molecule has 1 heterocycles. The molecule has 0 bridgehead atoms. The number of halogens is 4. The molecule has 0 saturated heterocycles. The van der Waals surface area contributed by atoms with Crippen molar-refractivity contribution in [1.82, 2.24) is 4.37 Å². The van der Waals surface area contributed by atoms with Crippen molar-refractivity contribution in [3.8, 4) is 17.0 Å². The summed E-state index contributed by atoms with van der Waals surface area (Å²) in [7, 11) is 0. The highest BCUT2D eigenvalue weighted by Gasteiger charge is 2.17. The van der Waals surface area contributed by atoms with E-state index in [1.54, 1.807) is 18.4 Å². The Morgan fingerprint density at radius 1 is 1.00 bits per heavy atom. The molecular formula is C18H13ClF3NOS. The van der Waals surface area contributed by atoms with Crippen LogP contribution < -0.4 is 4.74 Å². The summed E-state index contributed by atoms with van der Waals surface area (Å²) in [6.45, 7) is 1.65. The molecule has 0 radical (unpaired) electrons. The van der Waals surface area contributed by atoms with Crippen molar-refractivity contribution >= 4 is 23.1 Å². The van der Waals surface area contributed by atoms with E-state index in [1.165, 1.54) is 18.2 Å². The lowest BCUT2D eigenvalue weighted by Gasteiger charge is -2.09. The molecule has 130 valence electrons. The van der Waals surface area contributed by atoms with Crippen molar-refractivity contribution in [3.05, 3.63) is 69.3 Å². The fourth-order valence-electron chi connectivity index (χ4n) is 2.36. The van der Waals surface area contributed by atoms with Gasteiger partial charge < -0.3 is 4.74 Å². The Hall–Kier alpha value is -2.05. The van der Waals surface area contributed by atoms with Crippen LogP contribution >= 0.6 is 23.1 Å². The summed E-state index contributed by atoms with van der Waals surface area (Å²) in [5.41, 5.74) is 0.986. The van der Waals surface area contributed by atoms with Gasteiger partial charge in [0, 0.05) is 21.5 Å². The number of hydrogen-bond acceptors (Lipinski definition) is 3. The third kappa shape index (κ3) is 3.80. The van der Waals surface area contributed by atoms with Gasteiger partial charge >= 0.3 is 0 Å². The van der Waals surface area contributed by atoms with E-state index in [9.17, 15) is 13.2 Å². The predicted octanol–water partition coefficient (Wildman–Crippen LogP) is 6.02. The Morgan fingerprint density at radius 3 is 2.48 bits per heavy atom. The molecule has 2 nitrogen and oxygen atoms in total. The van der Waals surface area contributed by atoms with Crippen LogP contribution in [0.1, 0.15) is 18.1 Å². The minimum atomic E-state index is -0.555. The Balaban J connectivity index is 1.87. The van der Waals surface area contributed by atoms with Gasteiger partial charge in [0.15, 0.2) is 0 Å². The lowest BCUT2D eigenvalue weighted by molar-refractivity contribution is 0.292. The largest absolute Gasteiger partial charge is 0.472 e. The number of ether oxygens (including phenoxy) is 1. The standard InChI is InChI=1S/C18H13ClF3NOS/c1-2-10-5-17(22)13(7-16(10)21)14-9-25-23-18(14)24-8-11-3-4-12(19)6-15(11)20/h3-7,9H,2,8H2,1H3. The molecule has 0 amide bonds. The molecule has 0 saturated carbocycles. The van der Waals surface area contributed by atoms with E-state index in [0.29, 0.717) is 17.5 Å². The van der Waals surface area contributed by atoms with E-state index in [-0.39, 0.29) is 28.6 Å². The van der Waals surface area contributed by atoms with Crippen LogP contribution in [0.4, 0.5) is 13.2 Å². The van der Waals surface area contributed by atoms with Crippen LogP contribution in [-0.2, 0) is 13.0 Å². The van der Waals surface area contributed by atoms with E-state index < -0.39 is 17.5 Å². The van der Waals surface area contributed by atoms with Gasteiger partial charge in [0.2, 0.25) is 5.88 Å². The summed E-state index contributed by atoms with van der Waals surface area (Å²) in [5.74, 6) is -1.42. The van der Waals surface area contributed by atoms with Crippen LogP contribution in [0.5, 0.6) is 5.88 Å². The van der Waals surface area contributed by atoms with Crippen molar-refractivity contribution < 1.29 is 17.9 Å². The zero-order chi connectivity index (χ0) is 18.0. The van der Waals surface area contributed by atoms with Crippen LogP contribution in [0.25, 0.3) is 11.1 Å². The highest BCUT2D eigenvalue weighted by atomic mass is 35.5. The van der Waals surface area contributed by atoms with Crippen LogP contribution in [0.2, 0.25) is 5.02 Å². The summed E-state index contributed by atoms with van der Waals surface area (Å²) in [6.07, 6.45) is 0.393. The second-order valence-electron chi connectivity index (χ2n) is 5.33. The Kier molecular flexibility index (Phi) is 5.30.